The minimum Gasteiger partial charge on any atom is -0.478 e. The van der Waals surface area contributed by atoms with Crippen LogP contribution in [0.5, 0.6) is 0 Å². The average Bonchev–Trinajstić information content (AvgIpc) is 2.34. The number of carboxylic acid groups (broad SMARTS) is 1. The molecular formula is C15H12Cl2O2. The fourth-order valence-electron chi connectivity index (χ4n) is 1.94. The van der Waals surface area contributed by atoms with E-state index < -0.39 is 5.97 Å². The van der Waals surface area contributed by atoms with Gasteiger partial charge in [-0.25, -0.2) is 4.79 Å². The molecule has 0 bridgehead atoms. The molecule has 0 saturated carbocycles. The first kappa shape index (κ1) is 13.9. The lowest BCUT2D eigenvalue weighted by atomic mass is 9.97. The molecule has 0 saturated heterocycles. The van der Waals surface area contributed by atoms with Crippen molar-refractivity contribution in [2.75, 3.05) is 0 Å². The van der Waals surface area contributed by atoms with Crippen molar-refractivity contribution in [3.05, 3.63) is 57.1 Å². The number of rotatable bonds is 2. The summed E-state index contributed by atoms with van der Waals surface area (Å²) in [5.41, 5.74) is 3.71. The summed E-state index contributed by atoms with van der Waals surface area (Å²) in [6.45, 7) is 3.82. The smallest absolute Gasteiger partial charge is 0.335 e. The normalized spacial score (nSPS) is 10.5. The van der Waals surface area contributed by atoms with E-state index in [9.17, 15) is 4.79 Å². The lowest BCUT2D eigenvalue weighted by Crippen LogP contribution is -1.97. The highest BCUT2D eigenvalue weighted by molar-refractivity contribution is 6.34. The van der Waals surface area contributed by atoms with Crippen molar-refractivity contribution in [1.82, 2.24) is 0 Å². The first-order chi connectivity index (χ1) is 8.90. The molecule has 0 aliphatic carbocycles. The van der Waals surface area contributed by atoms with E-state index in [0.29, 0.717) is 15.6 Å². The number of benzene rings is 2. The first-order valence-electron chi connectivity index (χ1n) is 5.70. The van der Waals surface area contributed by atoms with Gasteiger partial charge in [-0.3, -0.25) is 0 Å². The second-order valence-electron chi connectivity index (χ2n) is 4.42. The molecule has 0 aliphatic rings. The second-order valence-corrected chi connectivity index (χ2v) is 5.23. The predicted molar refractivity (Wildman–Crippen MR) is 78.3 cm³/mol. The Labute approximate surface area is 121 Å². The van der Waals surface area contributed by atoms with Gasteiger partial charge in [-0.1, -0.05) is 23.2 Å². The second kappa shape index (κ2) is 5.24. The predicted octanol–water partition coefficient (Wildman–Crippen LogP) is 4.98. The summed E-state index contributed by atoms with van der Waals surface area (Å²) >= 11 is 12.2. The molecule has 0 fully saturated rings. The number of carbonyl (C=O) groups is 1. The number of halogens is 2. The van der Waals surface area contributed by atoms with Crippen molar-refractivity contribution < 1.29 is 9.90 Å². The summed E-state index contributed by atoms with van der Waals surface area (Å²) in [7, 11) is 0. The number of hydrogen-bond donors (Lipinski definition) is 1. The molecule has 0 aromatic heterocycles. The Morgan fingerprint density at radius 3 is 2.26 bits per heavy atom. The zero-order chi connectivity index (χ0) is 14.2. The quantitative estimate of drug-likeness (QED) is 0.848. The molecule has 2 rings (SSSR count). The molecule has 0 aliphatic heterocycles. The summed E-state index contributed by atoms with van der Waals surface area (Å²) in [4.78, 5) is 11.0. The Morgan fingerprint density at radius 2 is 1.63 bits per heavy atom. The van der Waals surface area contributed by atoms with Gasteiger partial charge in [0, 0.05) is 15.6 Å². The number of aryl methyl sites for hydroxylation is 2. The third-order valence-corrected chi connectivity index (χ3v) is 3.75. The van der Waals surface area contributed by atoms with Crippen molar-refractivity contribution in [2.24, 2.45) is 0 Å². The molecule has 0 amide bonds. The van der Waals surface area contributed by atoms with Gasteiger partial charge in [0.2, 0.25) is 0 Å². The van der Waals surface area contributed by atoms with Crippen molar-refractivity contribution in [2.45, 2.75) is 13.8 Å². The minimum atomic E-state index is -0.971. The van der Waals surface area contributed by atoms with Crippen LogP contribution in [0.3, 0.4) is 0 Å². The van der Waals surface area contributed by atoms with Crippen LogP contribution < -0.4 is 0 Å². The van der Waals surface area contributed by atoms with E-state index in [-0.39, 0.29) is 5.56 Å². The lowest BCUT2D eigenvalue weighted by molar-refractivity contribution is 0.0697. The monoisotopic (exact) mass is 294 g/mol. The molecule has 4 heteroatoms. The fourth-order valence-corrected chi connectivity index (χ4v) is 2.37. The van der Waals surface area contributed by atoms with Gasteiger partial charge < -0.3 is 5.11 Å². The summed E-state index contributed by atoms with van der Waals surface area (Å²) < 4.78 is 0. The molecule has 98 valence electrons. The third kappa shape index (κ3) is 2.75. The number of aromatic carboxylic acids is 1. The van der Waals surface area contributed by atoms with Crippen LogP contribution in [-0.4, -0.2) is 11.1 Å². The maximum atomic E-state index is 11.0. The summed E-state index contributed by atoms with van der Waals surface area (Å²) in [6.07, 6.45) is 0. The maximum Gasteiger partial charge on any atom is 0.335 e. The number of hydrogen-bond acceptors (Lipinski definition) is 1. The standard InChI is InChI=1S/C15H12Cl2O2/c1-8-6-14(17)9(2)5-11(8)12-7-10(15(18)19)3-4-13(12)16/h3-7H,1-2H3,(H,18,19). The number of carboxylic acids is 1. The molecule has 2 aromatic carbocycles. The van der Waals surface area contributed by atoms with Crippen molar-refractivity contribution in [3.8, 4) is 11.1 Å². The fraction of sp³-hybridized carbons (Fsp3) is 0.133. The molecule has 0 radical (unpaired) electrons. The summed E-state index contributed by atoms with van der Waals surface area (Å²) in [5, 5.41) is 10.3. The molecule has 0 unspecified atom stereocenters. The van der Waals surface area contributed by atoms with Gasteiger partial charge in [0.15, 0.2) is 0 Å². The Balaban J connectivity index is 2.67. The Bertz CT molecular complexity index is 663. The zero-order valence-corrected chi connectivity index (χ0v) is 12.0. The maximum absolute atomic E-state index is 11.0. The largest absolute Gasteiger partial charge is 0.478 e. The van der Waals surface area contributed by atoms with Crippen molar-refractivity contribution >= 4 is 29.2 Å². The van der Waals surface area contributed by atoms with Crippen LogP contribution in [-0.2, 0) is 0 Å². The van der Waals surface area contributed by atoms with E-state index in [1.165, 1.54) is 6.07 Å². The van der Waals surface area contributed by atoms with E-state index >= 15 is 0 Å². The Hall–Kier alpha value is -1.51. The Morgan fingerprint density at radius 1 is 0.947 bits per heavy atom. The van der Waals surface area contributed by atoms with Gasteiger partial charge in [0.1, 0.15) is 0 Å². The van der Waals surface area contributed by atoms with E-state index in [2.05, 4.69) is 0 Å². The van der Waals surface area contributed by atoms with E-state index in [1.54, 1.807) is 12.1 Å². The highest BCUT2D eigenvalue weighted by atomic mass is 35.5. The molecule has 2 aromatic rings. The van der Waals surface area contributed by atoms with Gasteiger partial charge in [-0.2, -0.15) is 0 Å². The highest BCUT2D eigenvalue weighted by Crippen LogP contribution is 2.34. The average molecular weight is 295 g/mol. The van der Waals surface area contributed by atoms with Crippen LogP contribution in [0.25, 0.3) is 11.1 Å². The van der Waals surface area contributed by atoms with E-state index in [0.717, 1.165) is 16.7 Å². The van der Waals surface area contributed by atoms with E-state index in [4.69, 9.17) is 28.3 Å². The first-order valence-corrected chi connectivity index (χ1v) is 6.45. The van der Waals surface area contributed by atoms with Crippen LogP contribution >= 0.6 is 23.2 Å². The lowest BCUT2D eigenvalue weighted by Gasteiger charge is -2.11. The topological polar surface area (TPSA) is 37.3 Å². The molecule has 2 nitrogen and oxygen atoms in total. The van der Waals surface area contributed by atoms with Crippen LogP contribution in [0.4, 0.5) is 0 Å². The van der Waals surface area contributed by atoms with Crippen molar-refractivity contribution in [3.63, 3.8) is 0 Å². The van der Waals surface area contributed by atoms with Gasteiger partial charge in [-0.15, -0.1) is 0 Å². The Kier molecular flexibility index (Phi) is 3.83. The third-order valence-electron chi connectivity index (χ3n) is 3.01. The molecule has 19 heavy (non-hydrogen) atoms. The van der Waals surface area contributed by atoms with E-state index in [1.807, 2.05) is 26.0 Å². The molecule has 0 heterocycles. The van der Waals surface area contributed by atoms with Gasteiger partial charge >= 0.3 is 5.97 Å². The molecule has 1 N–H and O–H groups in total. The summed E-state index contributed by atoms with van der Waals surface area (Å²) in [5.74, 6) is -0.971. The van der Waals surface area contributed by atoms with Gasteiger partial charge in [0.25, 0.3) is 0 Å². The highest BCUT2D eigenvalue weighted by Gasteiger charge is 2.12. The molecule has 0 atom stereocenters. The van der Waals surface area contributed by atoms with Gasteiger partial charge in [-0.05, 0) is 60.9 Å². The van der Waals surface area contributed by atoms with Crippen LogP contribution in [0, 0.1) is 13.8 Å². The SMILES string of the molecule is Cc1cc(-c2cc(C(=O)O)ccc2Cl)c(C)cc1Cl. The van der Waals surface area contributed by atoms with Crippen LogP contribution in [0.15, 0.2) is 30.3 Å². The molecular weight excluding hydrogens is 283 g/mol. The van der Waals surface area contributed by atoms with Gasteiger partial charge in [0.05, 0.1) is 5.56 Å². The summed E-state index contributed by atoms with van der Waals surface area (Å²) in [6, 6.07) is 8.46. The van der Waals surface area contributed by atoms with Crippen LogP contribution in [0.2, 0.25) is 10.0 Å². The zero-order valence-electron chi connectivity index (χ0n) is 10.5. The van der Waals surface area contributed by atoms with Crippen molar-refractivity contribution in [1.29, 1.82) is 0 Å². The van der Waals surface area contributed by atoms with Crippen LogP contribution in [0.1, 0.15) is 21.5 Å². The minimum absolute atomic E-state index is 0.214. The molecule has 0 spiro atoms.